The summed E-state index contributed by atoms with van der Waals surface area (Å²) in [6.07, 6.45) is 1.49. The number of nitrogen functional groups attached to an aromatic ring is 1. The van der Waals surface area contributed by atoms with E-state index in [1.165, 1.54) is 0 Å². The van der Waals surface area contributed by atoms with Gasteiger partial charge in [-0.05, 0) is 42.3 Å². The summed E-state index contributed by atoms with van der Waals surface area (Å²) in [5.74, 6) is 0.467. The highest BCUT2D eigenvalue weighted by Crippen LogP contribution is 2.24. The quantitative estimate of drug-likeness (QED) is 0.773. The molecule has 4 heteroatoms. The molecule has 1 aromatic carbocycles. The monoisotopic (exact) mass is 279 g/mol. The van der Waals surface area contributed by atoms with Crippen LogP contribution in [0, 0.1) is 6.92 Å². The number of benzene rings is 1. The Morgan fingerprint density at radius 1 is 1.19 bits per heavy atom. The van der Waals surface area contributed by atoms with Crippen molar-refractivity contribution in [3.63, 3.8) is 0 Å². The van der Waals surface area contributed by atoms with E-state index in [-0.39, 0.29) is 0 Å². The molecule has 0 fully saturated rings. The lowest BCUT2D eigenvalue weighted by Gasteiger charge is -2.13. The molecule has 3 N–H and O–H groups in total. The summed E-state index contributed by atoms with van der Waals surface area (Å²) in [5, 5.41) is 11.4. The Labute approximate surface area is 123 Å². The summed E-state index contributed by atoms with van der Waals surface area (Å²) in [5.41, 5.74) is 9.46. The standard InChI is InChI=1S/C17H17N3O/c1-11-4-5-12-9-13(6-7-15(12)20-11)16(21)10-14-3-2-8-19-17(14)18/h2-9,16,21H,10H2,1H3,(H2,18,19). The van der Waals surface area contributed by atoms with E-state index in [1.54, 1.807) is 6.20 Å². The second-order valence-electron chi connectivity index (χ2n) is 5.17. The van der Waals surface area contributed by atoms with Gasteiger partial charge < -0.3 is 10.8 Å². The number of pyridine rings is 2. The smallest absolute Gasteiger partial charge is 0.126 e. The first-order chi connectivity index (χ1) is 10.1. The molecule has 3 rings (SSSR count). The summed E-state index contributed by atoms with van der Waals surface area (Å²) < 4.78 is 0. The molecule has 0 amide bonds. The summed E-state index contributed by atoms with van der Waals surface area (Å²) in [6, 6.07) is 13.5. The molecule has 0 aliphatic heterocycles. The van der Waals surface area contributed by atoms with Crippen LogP contribution in [0.25, 0.3) is 10.9 Å². The van der Waals surface area contributed by atoms with Crippen LogP contribution < -0.4 is 5.73 Å². The lowest BCUT2D eigenvalue weighted by atomic mass is 10.00. The van der Waals surface area contributed by atoms with Crippen LogP contribution >= 0.6 is 0 Å². The highest BCUT2D eigenvalue weighted by molar-refractivity contribution is 5.79. The topological polar surface area (TPSA) is 72.0 Å². The highest BCUT2D eigenvalue weighted by atomic mass is 16.3. The number of rotatable bonds is 3. The van der Waals surface area contributed by atoms with Gasteiger partial charge in [0.1, 0.15) is 5.82 Å². The molecule has 0 saturated carbocycles. The molecule has 0 saturated heterocycles. The van der Waals surface area contributed by atoms with Gasteiger partial charge in [0.05, 0.1) is 11.6 Å². The Morgan fingerprint density at radius 3 is 2.86 bits per heavy atom. The molecule has 2 aromatic heterocycles. The van der Waals surface area contributed by atoms with Gasteiger partial charge in [0, 0.05) is 23.7 Å². The Hall–Kier alpha value is -2.46. The maximum atomic E-state index is 10.4. The van der Waals surface area contributed by atoms with Crippen molar-refractivity contribution in [1.29, 1.82) is 0 Å². The van der Waals surface area contributed by atoms with Gasteiger partial charge in [0.15, 0.2) is 0 Å². The third kappa shape index (κ3) is 2.85. The zero-order valence-corrected chi connectivity index (χ0v) is 11.8. The highest BCUT2D eigenvalue weighted by Gasteiger charge is 2.11. The molecule has 0 spiro atoms. The Morgan fingerprint density at radius 2 is 2.05 bits per heavy atom. The van der Waals surface area contributed by atoms with E-state index in [4.69, 9.17) is 5.73 Å². The third-order valence-electron chi connectivity index (χ3n) is 3.58. The van der Waals surface area contributed by atoms with Crippen molar-refractivity contribution < 1.29 is 5.11 Å². The molecule has 106 valence electrons. The lowest BCUT2D eigenvalue weighted by Crippen LogP contribution is -2.05. The summed E-state index contributed by atoms with van der Waals surface area (Å²) in [7, 11) is 0. The number of nitrogens with zero attached hydrogens (tertiary/aromatic N) is 2. The number of aryl methyl sites for hydroxylation is 1. The molecule has 21 heavy (non-hydrogen) atoms. The normalized spacial score (nSPS) is 12.5. The molecule has 1 atom stereocenters. The van der Waals surface area contributed by atoms with Crippen molar-refractivity contribution in [2.75, 3.05) is 5.73 Å². The van der Waals surface area contributed by atoms with E-state index in [9.17, 15) is 5.11 Å². The van der Waals surface area contributed by atoms with Crippen LogP contribution in [0.5, 0.6) is 0 Å². The molecule has 4 nitrogen and oxygen atoms in total. The Bertz CT molecular complexity index is 786. The van der Waals surface area contributed by atoms with Crippen molar-refractivity contribution >= 4 is 16.7 Å². The summed E-state index contributed by atoms with van der Waals surface area (Å²) in [4.78, 5) is 8.50. The molecular formula is C17H17N3O. The van der Waals surface area contributed by atoms with E-state index in [0.717, 1.165) is 27.7 Å². The van der Waals surface area contributed by atoms with Gasteiger partial charge in [-0.1, -0.05) is 18.2 Å². The third-order valence-corrected chi connectivity index (χ3v) is 3.58. The number of aliphatic hydroxyl groups excluding tert-OH is 1. The second-order valence-corrected chi connectivity index (χ2v) is 5.17. The summed E-state index contributed by atoms with van der Waals surface area (Å²) in [6.45, 7) is 1.97. The van der Waals surface area contributed by atoms with Crippen LogP contribution in [0.3, 0.4) is 0 Å². The Kier molecular flexibility index (Phi) is 3.54. The van der Waals surface area contributed by atoms with Gasteiger partial charge in [-0.2, -0.15) is 0 Å². The minimum atomic E-state index is -0.609. The predicted octanol–water partition coefficient (Wildman–Crippen LogP) is 2.80. The number of anilines is 1. The van der Waals surface area contributed by atoms with Crippen molar-refractivity contribution in [1.82, 2.24) is 9.97 Å². The average molecular weight is 279 g/mol. The number of hydrogen-bond acceptors (Lipinski definition) is 4. The molecule has 0 radical (unpaired) electrons. The maximum absolute atomic E-state index is 10.4. The SMILES string of the molecule is Cc1ccc2cc(C(O)Cc3cccnc3N)ccc2n1. The summed E-state index contributed by atoms with van der Waals surface area (Å²) >= 11 is 0. The number of fused-ring (bicyclic) bond motifs is 1. The molecule has 0 aliphatic rings. The van der Waals surface area contributed by atoms with E-state index >= 15 is 0 Å². The maximum Gasteiger partial charge on any atom is 0.126 e. The van der Waals surface area contributed by atoms with Crippen LogP contribution in [-0.2, 0) is 6.42 Å². The minimum Gasteiger partial charge on any atom is -0.388 e. The number of aliphatic hydroxyl groups is 1. The predicted molar refractivity (Wildman–Crippen MR) is 83.8 cm³/mol. The first-order valence-electron chi connectivity index (χ1n) is 6.88. The fourth-order valence-corrected chi connectivity index (χ4v) is 2.40. The van der Waals surface area contributed by atoms with Crippen molar-refractivity contribution in [3.8, 4) is 0 Å². The fraction of sp³-hybridized carbons (Fsp3) is 0.176. The first kappa shape index (κ1) is 13.5. The average Bonchev–Trinajstić information content (AvgIpc) is 2.49. The van der Waals surface area contributed by atoms with E-state index < -0.39 is 6.10 Å². The number of hydrogen-bond donors (Lipinski definition) is 2. The molecule has 0 aliphatic carbocycles. The van der Waals surface area contributed by atoms with Crippen molar-refractivity contribution in [2.45, 2.75) is 19.4 Å². The first-order valence-corrected chi connectivity index (χ1v) is 6.88. The minimum absolute atomic E-state index is 0.449. The van der Waals surface area contributed by atoms with Gasteiger partial charge in [-0.25, -0.2) is 4.98 Å². The van der Waals surface area contributed by atoms with Crippen LogP contribution in [0.4, 0.5) is 5.82 Å². The van der Waals surface area contributed by atoms with Crippen LogP contribution in [-0.4, -0.2) is 15.1 Å². The van der Waals surface area contributed by atoms with E-state index in [2.05, 4.69) is 9.97 Å². The van der Waals surface area contributed by atoms with Gasteiger partial charge in [-0.15, -0.1) is 0 Å². The number of aromatic nitrogens is 2. The van der Waals surface area contributed by atoms with Crippen LogP contribution in [0.15, 0.2) is 48.7 Å². The van der Waals surface area contributed by atoms with Crippen LogP contribution in [0.1, 0.15) is 22.9 Å². The lowest BCUT2D eigenvalue weighted by molar-refractivity contribution is 0.178. The molecule has 1 unspecified atom stereocenters. The second kappa shape index (κ2) is 5.50. The zero-order valence-electron chi connectivity index (χ0n) is 11.8. The Balaban J connectivity index is 1.89. The van der Waals surface area contributed by atoms with E-state index in [1.807, 2.05) is 49.4 Å². The van der Waals surface area contributed by atoms with Gasteiger partial charge >= 0.3 is 0 Å². The zero-order chi connectivity index (χ0) is 14.8. The van der Waals surface area contributed by atoms with Crippen LogP contribution in [0.2, 0.25) is 0 Å². The van der Waals surface area contributed by atoms with Gasteiger partial charge in [0.2, 0.25) is 0 Å². The fourth-order valence-electron chi connectivity index (χ4n) is 2.40. The van der Waals surface area contributed by atoms with E-state index in [0.29, 0.717) is 12.2 Å². The van der Waals surface area contributed by atoms with Gasteiger partial charge in [-0.3, -0.25) is 4.98 Å². The molecule has 2 heterocycles. The number of nitrogens with two attached hydrogens (primary N) is 1. The largest absolute Gasteiger partial charge is 0.388 e. The van der Waals surface area contributed by atoms with Crippen molar-refractivity contribution in [3.05, 3.63) is 65.5 Å². The molecule has 0 bridgehead atoms. The van der Waals surface area contributed by atoms with Crippen molar-refractivity contribution in [2.24, 2.45) is 0 Å². The van der Waals surface area contributed by atoms with Gasteiger partial charge in [0.25, 0.3) is 0 Å². The molecule has 3 aromatic rings. The molecular weight excluding hydrogens is 262 g/mol.